The molecule has 21 heavy (non-hydrogen) atoms. The molecule has 0 aliphatic heterocycles. The highest BCUT2D eigenvalue weighted by Gasteiger charge is 2.13. The van der Waals surface area contributed by atoms with Crippen molar-refractivity contribution in [2.24, 2.45) is 7.05 Å². The number of nitro groups is 1. The first-order valence-electron chi connectivity index (χ1n) is 6.49. The van der Waals surface area contributed by atoms with Crippen LogP contribution in [0.5, 0.6) is 5.75 Å². The topological polar surface area (TPSA) is 82.2 Å². The van der Waals surface area contributed by atoms with Crippen molar-refractivity contribution >= 4 is 11.4 Å². The van der Waals surface area contributed by atoms with Gasteiger partial charge in [-0.05, 0) is 19.9 Å². The van der Waals surface area contributed by atoms with Gasteiger partial charge < -0.3 is 10.1 Å². The lowest BCUT2D eigenvalue weighted by Crippen LogP contribution is -2.04. The second-order valence-corrected chi connectivity index (χ2v) is 4.77. The minimum Gasteiger partial charge on any atom is -0.495 e. The second kappa shape index (κ2) is 5.82. The first-order valence-corrected chi connectivity index (χ1v) is 6.49. The molecule has 2 rings (SSSR count). The van der Waals surface area contributed by atoms with Crippen molar-refractivity contribution in [2.45, 2.75) is 20.4 Å². The van der Waals surface area contributed by atoms with Gasteiger partial charge in [0, 0.05) is 37.0 Å². The number of nitrogens with zero attached hydrogens (tertiary/aromatic N) is 3. The van der Waals surface area contributed by atoms with Crippen molar-refractivity contribution in [3.63, 3.8) is 0 Å². The number of benzene rings is 1. The molecule has 0 atom stereocenters. The maximum absolute atomic E-state index is 10.9. The van der Waals surface area contributed by atoms with Gasteiger partial charge in [-0.25, -0.2) is 0 Å². The minimum atomic E-state index is -0.425. The van der Waals surface area contributed by atoms with E-state index in [4.69, 9.17) is 4.74 Å². The fourth-order valence-electron chi connectivity index (χ4n) is 2.20. The van der Waals surface area contributed by atoms with E-state index in [-0.39, 0.29) is 5.69 Å². The highest BCUT2D eigenvalue weighted by atomic mass is 16.6. The van der Waals surface area contributed by atoms with Gasteiger partial charge in [-0.2, -0.15) is 5.10 Å². The number of non-ortho nitro benzene ring substituents is 1. The Morgan fingerprint density at radius 2 is 2.14 bits per heavy atom. The predicted octanol–water partition coefficient (Wildman–Crippen LogP) is 2.57. The summed E-state index contributed by atoms with van der Waals surface area (Å²) in [5.41, 5.74) is 3.69. The summed E-state index contributed by atoms with van der Waals surface area (Å²) < 4.78 is 7.04. The number of nitro benzene ring substituents is 1. The van der Waals surface area contributed by atoms with Gasteiger partial charge in [0.05, 0.1) is 23.4 Å². The van der Waals surface area contributed by atoms with Crippen LogP contribution in [0.1, 0.15) is 17.0 Å². The monoisotopic (exact) mass is 290 g/mol. The molecule has 0 unspecified atom stereocenters. The lowest BCUT2D eigenvalue weighted by Gasteiger charge is -2.11. The van der Waals surface area contributed by atoms with E-state index >= 15 is 0 Å². The zero-order valence-corrected chi connectivity index (χ0v) is 12.5. The molecular formula is C14H18N4O3. The molecule has 7 nitrogen and oxygen atoms in total. The molecule has 0 spiro atoms. The van der Waals surface area contributed by atoms with E-state index in [1.54, 1.807) is 6.07 Å². The number of hydrogen-bond donors (Lipinski definition) is 1. The Hall–Kier alpha value is -2.57. The third kappa shape index (κ3) is 2.96. The Kier molecular flexibility index (Phi) is 4.11. The van der Waals surface area contributed by atoms with Crippen molar-refractivity contribution in [1.29, 1.82) is 0 Å². The van der Waals surface area contributed by atoms with Gasteiger partial charge >= 0.3 is 0 Å². The summed E-state index contributed by atoms with van der Waals surface area (Å²) in [6.07, 6.45) is 0. The molecule has 1 N–H and O–H groups in total. The Labute approximate surface area is 122 Å². The van der Waals surface area contributed by atoms with Crippen LogP contribution in [-0.2, 0) is 13.6 Å². The number of nitrogens with one attached hydrogen (secondary N) is 1. The number of methoxy groups -OCH3 is 1. The van der Waals surface area contributed by atoms with Gasteiger partial charge in [0.1, 0.15) is 5.75 Å². The molecule has 2 aromatic rings. The first-order chi connectivity index (χ1) is 9.93. The molecule has 7 heteroatoms. The van der Waals surface area contributed by atoms with Crippen LogP contribution in [0.4, 0.5) is 11.4 Å². The third-order valence-electron chi connectivity index (χ3n) is 3.51. The van der Waals surface area contributed by atoms with Gasteiger partial charge in [0.2, 0.25) is 0 Å². The zero-order chi connectivity index (χ0) is 15.6. The van der Waals surface area contributed by atoms with Crippen LogP contribution in [0.25, 0.3) is 0 Å². The molecule has 1 aromatic heterocycles. The number of hydrogen-bond acceptors (Lipinski definition) is 5. The van der Waals surface area contributed by atoms with Crippen LogP contribution >= 0.6 is 0 Å². The molecule has 0 aliphatic rings. The van der Waals surface area contributed by atoms with Crippen LogP contribution < -0.4 is 10.1 Å². The average molecular weight is 290 g/mol. The van der Waals surface area contributed by atoms with Crippen molar-refractivity contribution in [3.8, 4) is 5.75 Å². The Morgan fingerprint density at radius 1 is 1.43 bits per heavy atom. The zero-order valence-electron chi connectivity index (χ0n) is 12.5. The van der Waals surface area contributed by atoms with E-state index in [0.29, 0.717) is 18.0 Å². The molecule has 0 amide bonds. The summed E-state index contributed by atoms with van der Waals surface area (Å²) in [6.45, 7) is 4.46. The Bertz CT molecular complexity index is 679. The van der Waals surface area contributed by atoms with Gasteiger partial charge in [0.25, 0.3) is 5.69 Å². The molecule has 1 aromatic carbocycles. The number of rotatable bonds is 5. The molecule has 0 bridgehead atoms. The van der Waals surface area contributed by atoms with Crippen molar-refractivity contribution in [1.82, 2.24) is 9.78 Å². The molecule has 0 saturated carbocycles. The van der Waals surface area contributed by atoms with E-state index in [1.807, 2.05) is 25.6 Å². The largest absolute Gasteiger partial charge is 0.495 e. The third-order valence-corrected chi connectivity index (χ3v) is 3.51. The molecule has 0 radical (unpaired) electrons. The van der Waals surface area contributed by atoms with Crippen molar-refractivity contribution < 1.29 is 9.66 Å². The lowest BCUT2D eigenvalue weighted by molar-refractivity contribution is -0.384. The highest BCUT2D eigenvalue weighted by molar-refractivity contribution is 5.61. The van der Waals surface area contributed by atoms with Gasteiger partial charge in [-0.15, -0.1) is 0 Å². The Morgan fingerprint density at radius 3 is 2.67 bits per heavy atom. The smallest absolute Gasteiger partial charge is 0.271 e. The standard InChI is InChI=1S/C14H18N4O3/c1-9-12(10(2)17(3)16-9)8-15-13-7-11(18(19)20)5-6-14(13)21-4/h5-7,15H,8H2,1-4H3. The number of aryl methyl sites for hydroxylation is 2. The van der Waals surface area contributed by atoms with E-state index in [0.717, 1.165) is 17.0 Å². The van der Waals surface area contributed by atoms with E-state index in [1.165, 1.54) is 19.2 Å². The van der Waals surface area contributed by atoms with Gasteiger partial charge in [-0.1, -0.05) is 0 Å². The molecule has 0 fully saturated rings. The molecular weight excluding hydrogens is 272 g/mol. The molecule has 0 aliphatic carbocycles. The van der Waals surface area contributed by atoms with Crippen LogP contribution in [0.3, 0.4) is 0 Å². The summed E-state index contributed by atoms with van der Waals surface area (Å²) in [7, 11) is 3.42. The normalized spacial score (nSPS) is 10.5. The molecule has 1 heterocycles. The van der Waals surface area contributed by atoms with Gasteiger partial charge in [-0.3, -0.25) is 14.8 Å². The maximum atomic E-state index is 10.9. The van der Waals surface area contributed by atoms with Crippen molar-refractivity contribution in [2.75, 3.05) is 12.4 Å². The summed E-state index contributed by atoms with van der Waals surface area (Å²) in [5.74, 6) is 0.569. The predicted molar refractivity (Wildman–Crippen MR) is 79.7 cm³/mol. The lowest BCUT2D eigenvalue weighted by atomic mass is 10.2. The van der Waals surface area contributed by atoms with Crippen LogP contribution in [0.2, 0.25) is 0 Å². The number of anilines is 1. The van der Waals surface area contributed by atoms with Crippen molar-refractivity contribution in [3.05, 3.63) is 45.3 Å². The van der Waals surface area contributed by atoms with Crippen LogP contribution in [0.15, 0.2) is 18.2 Å². The first kappa shape index (κ1) is 14.8. The maximum Gasteiger partial charge on any atom is 0.271 e. The minimum absolute atomic E-state index is 0.0259. The quantitative estimate of drug-likeness (QED) is 0.676. The number of aromatic nitrogens is 2. The summed E-state index contributed by atoms with van der Waals surface area (Å²) in [6, 6.07) is 4.48. The second-order valence-electron chi connectivity index (χ2n) is 4.77. The molecule has 0 saturated heterocycles. The summed E-state index contributed by atoms with van der Waals surface area (Å²) in [4.78, 5) is 10.4. The van der Waals surface area contributed by atoms with Crippen LogP contribution in [-0.4, -0.2) is 21.8 Å². The van der Waals surface area contributed by atoms with E-state index in [2.05, 4.69) is 10.4 Å². The summed E-state index contributed by atoms with van der Waals surface area (Å²) in [5, 5.41) is 18.4. The van der Waals surface area contributed by atoms with Crippen LogP contribution in [0, 0.1) is 24.0 Å². The Balaban J connectivity index is 2.26. The fraction of sp³-hybridized carbons (Fsp3) is 0.357. The van der Waals surface area contributed by atoms with E-state index < -0.39 is 4.92 Å². The highest BCUT2D eigenvalue weighted by Crippen LogP contribution is 2.29. The summed E-state index contributed by atoms with van der Waals surface area (Å²) >= 11 is 0. The fourth-order valence-corrected chi connectivity index (χ4v) is 2.20. The number of ether oxygens (including phenoxy) is 1. The molecule has 112 valence electrons. The van der Waals surface area contributed by atoms with E-state index in [9.17, 15) is 10.1 Å². The SMILES string of the molecule is COc1ccc([N+](=O)[O-])cc1NCc1c(C)nn(C)c1C. The average Bonchev–Trinajstić information content (AvgIpc) is 2.69. The van der Waals surface area contributed by atoms with Gasteiger partial charge in [0.15, 0.2) is 0 Å².